The van der Waals surface area contributed by atoms with Gasteiger partial charge in [0, 0.05) is 12.1 Å². The van der Waals surface area contributed by atoms with Crippen molar-refractivity contribution in [2.24, 2.45) is 5.10 Å². The van der Waals surface area contributed by atoms with E-state index in [1.54, 1.807) is 6.34 Å². The Hall–Kier alpha value is 0.140. The lowest BCUT2D eigenvalue weighted by Crippen LogP contribution is -2.55. The van der Waals surface area contributed by atoms with Crippen molar-refractivity contribution in [1.29, 1.82) is 0 Å². The zero-order chi connectivity index (χ0) is 14.7. The van der Waals surface area contributed by atoms with E-state index in [0.29, 0.717) is 0 Å². The Labute approximate surface area is 131 Å². The van der Waals surface area contributed by atoms with Crippen molar-refractivity contribution >= 4 is 41.1 Å². The van der Waals surface area contributed by atoms with Crippen LogP contribution in [0.15, 0.2) is 5.10 Å². The molecule has 1 unspecified atom stereocenters. The van der Waals surface area contributed by atoms with Gasteiger partial charge in [0.2, 0.25) is 3.79 Å². The van der Waals surface area contributed by atoms with E-state index in [-0.39, 0.29) is 11.7 Å². The van der Waals surface area contributed by atoms with Gasteiger partial charge in [-0.25, -0.2) is 0 Å². The molecule has 0 saturated heterocycles. The summed E-state index contributed by atoms with van der Waals surface area (Å²) in [7, 11) is 0. The average Bonchev–Trinajstić information content (AvgIpc) is 2.67. The molecule has 0 aliphatic carbocycles. The topological polar surface area (TPSA) is 18.8 Å². The fourth-order valence-electron chi connectivity index (χ4n) is 2.14. The van der Waals surface area contributed by atoms with E-state index in [2.05, 4.69) is 32.8 Å². The Balaban J connectivity index is 2.69. The molecule has 0 saturated carbocycles. The van der Waals surface area contributed by atoms with Gasteiger partial charge in [-0.05, 0) is 27.2 Å². The molecule has 6 heteroatoms. The van der Waals surface area contributed by atoms with Crippen LogP contribution in [0.5, 0.6) is 0 Å². The number of hydrogen-bond acceptors (Lipinski definition) is 3. The molecule has 3 nitrogen and oxygen atoms in total. The summed E-state index contributed by atoms with van der Waals surface area (Å²) >= 11 is 18.4. The number of halogens is 3. The Bertz CT molecular complexity index is 307. The molecule has 0 aromatic rings. The van der Waals surface area contributed by atoms with Crippen molar-refractivity contribution in [3.63, 3.8) is 0 Å². The van der Waals surface area contributed by atoms with E-state index in [0.717, 1.165) is 13.0 Å². The lowest BCUT2D eigenvalue weighted by molar-refractivity contribution is 0.0769. The predicted molar refractivity (Wildman–Crippen MR) is 85.0 cm³/mol. The molecular formula is C13H24Cl3N3. The third kappa shape index (κ3) is 4.87. The Morgan fingerprint density at radius 1 is 1.11 bits per heavy atom. The summed E-state index contributed by atoms with van der Waals surface area (Å²) in [6, 6.07) is 0. The fraction of sp³-hybridized carbons (Fsp3) is 0.923. The van der Waals surface area contributed by atoms with Gasteiger partial charge in [-0.2, -0.15) is 5.10 Å². The largest absolute Gasteiger partial charge is 0.331 e. The quantitative estimate of drug-likeness (QED) is 0.541. The molecular weight excluding hydrogens is 305 g/mol. The highest BCUT2D eigenvalue weighted by Gasteiger charge is 2.46. The second kappa shape index (κ2) is 6.73. The molecule has 1 atom stereocenters. The number of unbranched alkanes of at least 4 members (excludes halogenated alkanes) is 3. The Morgan fingerprint density at radius 2 is 1.74 bits per heavy atom. The molecule has 19 heavy (non-hydrogen) atoms. The number of rotatable bonds is 5. The highest BCUT2D eigenvalue weighted by molar-refractivity contribution is 6.68. The summed E-state index contributed by atoms with van der Waals surface area (Å²) in [4.78, 5) is 2.01. The highest BCUT2D eigenvalue weighted by Crippen LogP contribution is 2.39. The van der Waals surface area contributed by atoms with Crippen molar-refractivity contribution in [1.82, 2.24) is 9.91 Å². The van der Waals surface area contributed by atoms with Gasteiger partial charge in [-0.15, -0.1) is 0 Å². The van der Waals surface area contributed by atoms with Crippen LogP contribution < -0.4 is 0 Å². The number of hydrazone groups is 1. The van der Waals surface area contributed by atoms with Gasteiger partial charge < -0.3 is 4.90 Å². The minimum absolute atomic E-state index is 0.129. The average molecular weight is 329 g/mol. The van der Waals surface area contributed by atoms with E-state index in [1.807, 2.05) is 9.91 Å². The zero-order valence-electron chi connectivity index (χ0n) is 12.2. The monoisotopic (exact) mass is 327 g/mol. The smallest absolute Gasteiger partial charge is 0.230 e. The van der Waals surface area contributed by atoms with Crippen molar-refractivity contribution in [3.8, 4) is 0 Å². The third-order valence-electron chi connectivity index (χ3n) is 3.18. The first-order chi connectivity index (χ1) is 8.68. The molecule has 112 valence electrons. The second-order valence-corrected chi connectivity index (χ2v) is 8.32. The SMILES string of the molecule is CCCCCCN1N=CN(C(C)(C)C)C1C(Cl)(Cl)Cl. The molecule has 0 aromatic heterocycles. The van der Waals surface area contributed by atoms with Crippen LogP contribution in [0.4, 0.5) is 0 Å². The van der Waals surface area contributed by atoms with Crippen molar-refractivity contribution in [3.05, 3.63) is 0 Å². The maximum absolute atomic E-state index is 6.14. The molecule has 1 rings (SSSR count). The first-order valence-electron chi connectivity index (χ1n) is 6.84. The van der Waals surface area contributed by atoms with Crippen LogP contribution in [0.1, 0.15) is 53.4 Å². The molecule has 1 aliphatic heterocycles. The van der Waals surface area contributed by atoms with E-state index in [4.69, 9.17) is 34.8 Å². The van der Waals surface area contributed by atoms with Crippen molar-refractivity contribution in [2.45, 2.75) is 68.9 Å². The Morgan fingerprint density at radius 3 is 2.21 bits per heavy atom. The van der Waals surface area contributed by atoms with Crippen LogP contribution in [0.3, 0.4) is 0 Å². The Kier molecular flexibility index (Phi) is 6.09. The molecule has 0 amide bonds. The lowest BCUT2D eigenvalue weighted by atomic mass is 10.1. The summed E-state index contributed by atoms with van der Waals surface area (Å²) < 4.78 is -1.38. The number of alkyl halides is 3. The summed E-state index contributed by atoms with van der Waals surface area (Å²) in [5.74, 6) is 0. The van der Waals surface area contributed by atoms with Crippen LogP contribution in [-0.2, 0) is 0 Å². The molecule has 1 aliphatic rings. The van der Waals surface area contributed by atoms with E-state index >= 15 is 0 Å². The van der Waals surface area contributed by atoms with Gasteiger partial charge >= 0.3 is 0 Å². The molecule has 0 aromatic carbocycles. The van der Waals surface area contributed by atoms with E-state index in [1.165, 1.54) is 19.3 Å². The van der Waals surface area contributed by atoms with Gasteiger partial charge in [-0.1, -0.05) is 61.0 Å². The van der Waals surface area contributed by atoms with Crippen LogP contribution in [-0.4, -0.2) is 38.3 Å². The van der Waals surface area contributed by atoms with Crippen LogP contribution in [0.25, 0.3) is 0 Å². The molecule has 1 heterocycles. The normalized spacial score (nSPS) is 20.5. The van der Waals surface area contributed by atoms with Crippen LogP contribution in [0.2, 0.25) is 0 Å². The predicted octanol–water partition coefficient (Wildman–Crippen LogP) is 4.62. The van der Waals surface area contributed by atoms with Gasteiger partial charge in [0.1, 0.15) is 6.34 Å². The standard InChI is InChI=1S/C13H24Cl3N3/c1-5-6-7-8-9-19-11(13(14,15)16)18(10-17-19)12(2,3)4/h10-11H,5-9H2,1-4H3. The number of nitrogens with zero attached hydrogens (tertiary/aromatic N) is 3. The first-order valence-corrected chi connectivity index (χ1v) is 7.97. The minimum Gasteiger partial charge on any atom is -0.331 e. The zero-order valence-corrected chi connectivity index (χ0v) is 14.4. The highest BCUT2D eigenvalue weighted by atomic mass is 35.6. The molecule has 0 fully saturated rings. The lowest BCUT2D eigenvalue weighted by Gasteiger charge is -2.42. The van der Waals surface area contributed by atoms with Crippen molar-refractivity contribution < 1.29 is 0 Å². The molecule has 0 radical (unpaired) electrons. The summed E-state index contributed by atoms with van der Waals surface area (Å²) in [6.07, 6.45) is 6.15. The molecule has 0 bridgehead atoms. The van der Waals surface area contributed by atoms with Gasteiger partial charge in [-0.3, -0.25) is 5.01 Å². The van der Waals surface area contributed by atoms with Gasteiger partial charge in [0.25, 0.3) is 0 Å². The third-order valence-corrected chi connectivity index (χ3v) is 3.76. The summed E-state index contributed by atoms with van der Waals surface area (Å²) in [5, 5.41) is 6.31. The minimum atomic E-state index is -1.38. The molecule has 0 N–H and O–H groups in total. The van der Waals surface area contributed by atoms with E-state index < -0.39 is 3.79 Å². The van der Waals surface area contributed by atoms with Gasteiger partial charge in [0.15, 0.2) is 6.17 Å². The van der Waals surface area contributed by atoms with Crippen LogP contribution >= 0.6 is 34.8 Å². The maximum atomic E-state index is 6.14. The summed E-state index contributed by atoms with van der Waals surface area (Å²) in [5.41, 5.74) is -0.129. The van der Waals surface area contributed by atoms with Crippen LogP contribution in [0, 0.1) is 0 Å². The van der Waals surface area contributed by atoms with E-state index in [9.17, 15) is 0 Å². The fourth-order valence-corrected chi connectivity index (χ4v) is 2.79. The number of hydrogen-bond donors (Lipinski definition) is 0. The van der Waals surface area contributed by atoms with Gasteiger partial charge in [0.05, 0.1) is 0 Å². The summed E-state index contributed by atoms with van der Waals surface area (Å²) in [6.45, 7) is 9.27. The first kappa shape index (κ1) is 17.2. The second-order valence-electron chi connectivity index (χ2n) is 5.95. The maximum Gasteiger partial charge on any atom is 0.230 e. The van der Waals surface area contributed by atoms with Crippen molar-refractivity contribution in [2.75, 3.05) is 6.54 Å². The molecule has 0 spiro atoms.